The van der Waals surface area contributed by atoms with E-state index in [4.69, 9.17) is 5.11 Å². The van der Waals surface area contributed by atoms with Gasteiger partial charge in [0.25, 0.3) is 0 Å². The van der Waals surface area contributed by atoms with Gasteiger partial charge < -0.3 is 10.4 Å². The third kappa shape index (κ3) is 3.84. The van der Waals surface area contributed by atoms with E-state index in [0.29, 0.717) is 6.54 Å². The smallest absolute Gasteiger partial charge is 0.324 e. The average Bonchev–Trinajstić information content (AvgIpc) is 2.29. The summed E-state index contributed by atoms with van der Waals surface area (Å²) in [5, 5.41) is 12.0. The van der Waals surface area contributed by atoms with Crippen molar-refractivity contribution in [2.24, 2.45) is 0 Å². The summed E-state index contributed by atoms with van der Waals surface area (Å²) >= 11 is 0. The molecule has 0 amide bonds. The summed E-state index contributed by atoms with van der Waals surface area (Å²) in [6.45, 7) is 2.88. The van der Waals surface area contributed by atoms with Gasteiger partial charge in [0.15, 0.2) is 0 Å². The van der Waals surface area contributed by atoms with Gasteiger partial charge in [0.05, 0.1) is 0 Å². The number of benzene rings is 1. The first-order chi connectivity index (χ1) is 7.98. The standard InChI is InChI=1S/C13H20N2O2/c1-13(14-2,12(16)17)10-15(3)9-11-7-5-4-6-8-11/h4-8,14H,9-10H2,1-3H3,(H,16,17). The molecule has 0 radical (unpaired) electrons. The highest BCUT2D eigenvalue weighted by molar-refractivity contribution is 5.78. The zero-order valence-corrected chi connectivity index (χ0v) is 10.6. The Balaban J connectivity index is 2.60. The maximum absolute atomic E-state index is 11.2. The van der Waals surface area contributed by atoms with E-state index in [0.717, 1.165) is 6.54 Å². The van der Waals surface area contributed by atoms with Gasteiger partial charge in [-0.15, -0.1) is 0 Å². The molecule has 1 rings (SSSR count). The van der Waals surface area contributed by atoms with Crippen LogP contribution >= 0.6 is 0 Å². The minimum absolute atomic E-state index is 0.452. The van der Waals surface area contributed by atoms with E-state index in [1.807, 2.05) is 42.3 Å². The lowest BCUT2D eigenvalue weighted by Crippen LogP contribution is -2.54. The van der Waals surface area contributed by atoms with Crippen LogP contribution in [0.5, 0.6) is 0 Å². The SMILES string of the molecule is CNC(C)(CN(C)Cc1ccccc1)C(=O)O. The third-order valence-electron chi connectivity index (χ3n) is 2.91. The van der Waals surface area contributed by atoms with Crippen molar-refractivity contribution in [3.05, 3.63) is 35.9 Å². The molecule has 17 heavy (non-hydrogen) atoms. The van der Waals surface area contributed by atoms with Crippen LogP contribution in [0.1, 0.15) is 12.5 Å². The highest BCUT2D eigenvalue weighted by atomic mass is 16.4. The Kier molecular flexibility index (Phi) is 4.66. The number of likely N-dealkylation sites (N-methyl/N-ethyl adjacent to an activating group) is 2. The van der Waals surface area contributed by atoms with E-state index in [1.165, 1.54) is 5.56 Å². The molecule has 0 heterocycles. The molecule has 0 aliphatic rings. The van der Waals surface area contributed by atoms with Crippen LogP contribution in [0, 0.1) is 0 Å². The van der Waals surface area contributed by atoms with E-state index in [-0.39, 0.29) is 0 Å². The predicted molar refractivity (Wildman–Crippen MR) is 67.9 cm³/mol. The topological polar surface area (TPSA) is 52.6 Å². The Labute approximate surface area is 102 Å². The Hall–Kier alpha value is -1.39. The lowest BCUT2D eigenvalue weighted by atomic mass is 10.0. The zero-order valence-electron chi connectivity index (χ0n) is 10.6. The first-order valence-electron chi connectivity index (χ1n) is 5.63. The molecule has 94 valence electrons. The molecule has 0 saturated heterocycles. The molecule has 4 heteroatoms. The Bertz CT molecular complexity index is 367. The lowest BCUT2D eigenvalue weighted by molar-refractivity contribution is -0.144. The van der Waals surface area contributed by atoms with Crippen molar-refractivity contribution in [1.82, 2.24) is 10.2 Å². The fourth-order valence-electron chi connectivity index (χ4n) is 1.74. The normalized spacial score (nSPS) is 14.6. The van der Waals surface area contributed by atoms with Crippen LogP contribution in [0.15, 0.2) is 30.3 Å². The van der Waals surface area contributed by atoms with Crippen LogP contribution in [0.25, 0.3) is 0 Å². The number of carboxylic acid groups (broad SMARTS) is 1. The van der Waals surface area contributed by atoms with Gasteiger partial charge in [-0.2, -0.15) is 0 Å². The summed E-state index contributed by atoms with van der Waals surface area (Å²) < 4.78 is 0. The van der Waals surface area contributed by atoms with Gasteiger partial charge in [0.1, 0.15) is 5.54 Å². The van der Waals surface area contributed by atoms with Crippen molar-refractivity contribution < 1.29 is 9.90 Å². The van der Waals surface area contributed by atoms with Crippen molar-refractivity contribution in [1.29, 1.82) is 0 Å². The van der Waals surface area contributed by atoms with Crippen molar-refractivity contribution >= 4 is 5.97 Å². The first kappa shape index (κ1) is 13.7. The van der Waals surface area contributed by atoms with Crippen molar-refractivity contribution in [3.8, 4) is 0 Å². The minimum Gasteiger partial charge on any atom is -0.480 e. The Morgan fingerprint density at radius 2 is 2.00 bits per heavy atom. The molecule has 1 aromatic rings. The van der Waals surface area contributed by atoms with Gasteiger partial charge in [-0.25, -0.2) is 0 Å². The maximum atomic E-state index is 11.2. The van der Waals surface area contributed by atoms with Gasteiger partial charge >= 0.3 is 5.97 Å². The Morgan fingerprint density at radius 1 is 1.41 bits per heavy atom. The predicted octanol–water partition coefficient (Wildman–Crippen LogP) is 1.18. The molecule has 0 fully saturated rings. The van der Waals surface area contributed by atoms with Crippen molar-refractivity contribution in [2.75, 3.05) is 20.6 Å². The maximum Gasteiger partial charge on any atom is 0.324 e. The number of hydrogen-bond acceptors (Lipinski definition) is 3. The second-order valence-electron chi connectivity index (χ2n) is 4.55. The number of carbonyl (C=O) groups is 1. The number of hydrogen-bond donors (Lipinski definition) is 2. The summed E-state index contributed by atoms with van der Waals surface area (Å²) in [6, 6.07) is 10.0. The number of carboxylic acids is 1. The summed E-state index contributed by atoms with van der Waals surface area (Å²) in [4.78, 5) is 13.2. The number of nitrogens with zero attached hydrogens (tertiary/aromatic N) is 1. The van der Waals surface area contributed by atoms with E-state index < -0.39 is 11.5 Å². The van der Waals surface area contributed by atoms with Crippen LogP contribution < -0.4 is 5.32 Å². The molecule has 0 spiro atoms. The van der Waals surface area contributed by atoms with Crippen LogP contribution in [-0.4, -0.2) is 42.2 Å². The molecule has 0 aromatic heterocycles. The second kappa shape index (κ2) is 5.80. The largest absolute Gasteiger partial charge is 0.480 e. The first-order valence-corrected chi connectivity index (χ1v) is 5.63. The third-order valence-corrected chi connectivity index (χ3v) is 2.91. The molecule has 0 aliphatic carbocycles. The molecule has 0 bridgehead atoms. The van der Waals surface area contributed by atoms with E-state index in [2.05, 4.69) is 5.32 Å². The molecule has 0 aliphatic heterocycles. The van der Waals surface area contributed by atoms with Gasteiger partial charge in [0.2, 0.25) is 0 Å². The number of rotatable bonds is 6. The van der Waals surface area contributed by atoms with Crippen LogP contribution in [-0.2, 0) is 11.3 Å². The average molecular weight is 236 g/mol. The fourth-order valence-corrected chi connectivity index (χ4v) is 1.74. The molecule has 4 nitrogen and oxygen atoms in total. The molecule has 1 atom stereocenters. The molecule has 0 saturated carbocycles. The molecule has 2 N–H and O–H groups in total. The summed E-state index contributed by atoms with van der Waals surface area (Å²) in [7, 11) is 3.59. The minimum atomic E-state index is -0.913. The molecular formula is C13H20N2O2. The second-order valence-corrected chi connectivity index (χ2v) is 4.55. The lowest BCUT2D eigenvalue weighted by Gasteiger charge is -2.29. The summed E-state index contributed by atoms with van der Waals surface area (Å²) in [5.74, 6) is -0.833. The highest BCUT2D eigenvalue weighted by Crippen LogP contribution is 2.09. The summed E-state index contributed by atoms with van der Waals surface area (Å²) in [6.07, 6.45) is 0. The van der Waals surface area contributed by atoms with Crippen molar-refractivity contribution in [3.63, 3.8) is 0 Å². The van der Waals surface area contributed by atoms with Crippen molar-refractivity contribution in [2.45, 2.75) is 19.0 Å². The fraction of sp³-hybridized carbons (Fsp3) is 0.462. The van der Waals surface area contributed by atoms with Crippen LogP contribution in [0.4, 0.5) is 0 Å². The number of nitrogens with one attached hydrogen (secondary N) is 1. The van der Waals surface area contributed by atoms with Gasteiger partial charge in [-0.1, -0.05) is 30.3 Å². The zero-order chi connectivity index (χ0) is 12.9. The van der Waals surface area contributed by atoms with Gasteiger partial charge in [-0.05, 0) is 26.6 Å². The quantitative estimate of drug-likeness (QED) is 0.779. The molecule has 1 unspecified atom stereocenters. The van der Waals surface area contributed by atoms with E-state index in [1.54, 1.807) is 14.0 Å². The van der Waals surface area contributed by atoms with E-state index >= 15 is 0 Å². The van der Waals surface area contributed by atoms with Crippen LogP contribution in [0.3, 0.4) is 0 Å². The monoisotopic (exact) mass is 236 g/mol. The van der Waals surface area contributed by atoms with E-state index in [9.17, 15) is 4.79 Å². The molecule has 1 aromatic carbocycles. The Morgan fingerprint density at radius 3 is 2.47 bits per heavy atom. The van der Waals surface area contributed by atoms with Gasteiger partial charge in [-0.3, -0.25) is 9.69 Å². The van der Waals surface area contributed by atoms with Gasteiger partial charge in [0, 0.05) is 13.1 Å². The highest BCUT2D eigenvalue weighted by Gasteiger charge is 2.32. The summed E-state index contributed by atoms with van der Waals surface area (Å²) in [5.41, 5.74) is 0.266. The number of aliphatic carboxylic acids is 1. The molecular weight excluding hydrogens is 216 g/mol. The van der Waals surface area contributed by atoms with Crippen LogP contribution in [0.2, 0.25) is 0 Å².